The molecule has 28 heavy (non-hydrogen) atoms. The molecule has 0 saturated heterocycles. The first kappa shape index (κ1) is 18.2. The van der Waals surface area contributed by atoms with Crippen LogP contribution >= 0.6 is 23.2 Å². The Kier molecular flexibility index (Phi) is 4.87. The number of carbonyl (C=O) groups excluding carboxylic acids is 1. The molecule has 4 aromatic rings. The van der Waals surface area contributed by atoms with Gasteiger partial charge in [-0.1, -0.05) is 41.4 Å². The number of aromatic amines is 1. The molecule has 1 aromatic heterocycles. The van der Waals surface area contributed by atoms with Crippen molar-refractivity contribution in [3.63, 3.8) is 0 Å². The first-order valence-electron chi connectivity index (χ1n) is 8.51. The maximum atomic E-state index is 12.7. The number of halogens is 2. The molecule has 1 heterocycles. The molecule has 0 amide bonds. The van der Waals surface area contributed by atoms with E-state index in [-0.39, 0.29) is 12.2 Å². The number of Topliss-reactive ketones (excluding diaryl/α,β-unsaturated/α-hetero) is 1. The van der Waals surface area contributed by atoms with Crippen LogP contribution in [-0.2, 0) is 6.42 Å². The molecule has 6 heteroatoms. The van der Waals surface area contributed by atoms with Crippen molar-refractivity contribution < 1.29 is 4.79 Å². The highest BCUT2D eigenvalue weighted by molar-refractivity contribution is 6.39. The summed E-state index contributed by atoms with van der Waals surface area (Å²) in [6, 6.07) is 19.7. The van der Waals surface area contributed by atoms with E-state index in [4.69, 9.17) is 28.5 Å². The lowest BCUT2D eigenvalue weighted by atomic mass is 10.0. The van der Waals surface area contributed by atoms with Crippen molar-refractivity contribution in [1.82, 2.24) is 9.97 Å². The van der Waals surface area contributed by atoms with Crippen LogP contribution in [0.1, 0.15) is 21.5 Å². The van der Waals surface area contributed by atoms with Gasteiger partial charge in [0.15, 0.2) is 5.78 Å². The maximum Gasteiger partial charge on any atom is 0.167 e. The molecule has 3 aromatic carbocycles. The molecule has 4 rings (SSSR count). The standard InChI is InChI=1S/C22H13Cl2N3O/c23-16-5-2-6-17(24)21(16)22-26-18-8-7-15(11-19(18)27-22)20(28)10-13-3-1-4-14(9-13)12-25/h1-9,11H,10H2,(H,26,27). The van der Waals surface area contributed by atoms with Crippen molar-refractivity contribution in [2.24, 2.45) is 0 Å². The highest BCUT2D eigenvalue weighted by Gasteiger charge is 2.14. The Hall–Kier alpha value is -3.13. The van der Waals surface area contributed by atoms with E-state index in [1.54, 1.807) is 54.6 Å². The first-order chi connectivity index (χ1) is 13.5. The van der Waals surface area contributed by atoms with Gasteiger partial charge < -0.3 is 4.98 Å². The van der Waals surface area contributed by atoms with E-state index in [1.807, 2.05) is 6.07 Å². The van der Waals surface area contributed by atoms with E-state index in [0.717, 1.165) is 11.1 Å². The number of nitrogens with one attached hydrogen (secondary N) is 1. The number of rotatable bonds is 4. The third-order valence-electron chi connectivity index (χ3n) is 4.42. The summed E-state index contributed by atoms with van der Waals surface area (Å²) in [5.74, 6) is 0.515. The average Bonchev–Trinajstić information content (AvgIpc) is 3.10. The lowest BCUT2D eigenvalue weighted by Gasteiger charge is -2.03. The van der Waals surface area contributed by atoms with Crippen LogP contribution in [0, 0.1) is 11.3 Å². The Bertz CT molecular complexity index is 1230. The van der Waals surface area contributed by atoms with Gasteiger partial charge in [-0.3, -0.25) is 4.79 Å². The van der Waals surface area contributed by atoms with Crippen LogP contribution in [0.15, 0.2) is 60.7 Å². The molecule has 0 bridgehead atoms. The fourth-order valence-electron chi connectivity index (χ4n) is 3.06. The molecule has 136 valence electrons. The predicted molar refractivity (Wildman–Crippen MR) is 111 cm³/mol. The fraction of sp³-hybridized carbons (Fsp3) is 0.0455. The number of benzene rings is 3. The molecule has 4 nitrogen and oxygen atoms in total. The molecule has 0 saturated carbocycles. The smallest absolute Gasteiger partial charge is 0.167 e. The fourth-order valence-corrected chi connectivity index (χ4v) is 3.64. The lowest BCUT2D eigenvalue weighted by molar-refractivity contribution is 0.0993. The maximum absolute atomic E-state index is 12.7. The zero-order valence-electron chi connectivity index (χ0n) is 14.5. The third-order valence-corrected chi connectivity index (χ3v) is 5.05. The first-order valence-corrected chi connectivity index (χ1v) is 9.27. The summed E-state index contributed by atoms with van der Waals surface area (Å²) in [6.07, 6.45) is 0.221. The van der Waals surface area contributed by atoms with Crippen LogP contribution in [-0.4, -0.2) is 15.8 Å². The molecule has 0 atom stereocenters. The van der Waals surface area contributed by atoms with Crippen molar-refractivity contribution in [2.45, 2.75) is 6.42 Å². The minimum Gasteiger partial charge on any atom is -0.338 e. The van der Waals surface area contributed by atoms with Crippen LogP contribution in [0.25, 0.3) is 22.4 Å². The second kappa shape index (κ2) is 7.47. The van der Waals surface area contributed by atoms with Gasteiger partial charge in [-0.15, -0.1) is 0 Å². The largest absolute Gasteiger partial charge is 0.338 e. The summed E-state index contributed by atoms with van der Waals surface area (Å²) in [6.45, 7) is 0. The van der Waals surface area contributed by atoms with E-state index in [9.17, 15) is 4.79 Å². The Balaban J connectivity index is 1.66. The summed E-state index contributed by atoms with van der Waals surface area (Å²) < 4.78 is 0. The van der Waals surface area contributed by atoms with E-state index >= 15 is 0 Å². The van der Waals surface area contributed by atoms with Gasteiger partial charge in [0.1, 0.15) is 5.82 Å². The number of fused-ring (bicyclic) bond motifs is 1. The van der Waals surface area contributed by atoms with Gasteiger partial charge in [-0.2, -0.15) is 5.26 Å². The van der Waals surface area contributed by atoms with Crippen molar-refractivity contribution in [3.8, 4) is 17.5 Å². The number of nitriles is 1. The number of hydrogen-bond acceptors (Lipinski definition) is 3. The van der Waals surface area contributed by atoms with Crippen molar-refractivity contribution in [2.75, 3.05) is 0 Å². The summed E-state index contributed by atoms with van der Waals surface area (Å²) >= 11 is 12.5. The molecule has 0 radical (unpaired) electrons. The van der Waals surface area contributed by atoms with Gasteiger partial charge in [0.25, 0.3) is 0 Å². The summed E-state index contributed by atoms with van der Waals surface area (Å²) in [5, 5.41) is 10.0. The van der Waals surface area contributed by atoms with Crippen LogP contribution in [0.2, 0.25) is 10.0 Å². The van der Waals surface area contributed by atoms with Crippen LogP contribution < -0.4 is 0 Å². The highest BCUT2D eigenvalue weighted by Crippen LogP contribution is 2.34. The molecule has 0 fully saturated rings. The molecule has 0 aliphatic carbocycles. The quantitative estimate of drug-likeness (QED) is 0.433. The molecular formula is C22H13Cl2N3O. The van der Waals surface area contributed by atoms with Crippen LogP contribution in [0.4, 0.5) is 0 Å². The van der Waals surface area contributed by atoms with Crippen LogP contribution in [0.3, 0.4) is 0 Å². The molecule has 0 aliphatic rings. The Morgan fingerprint density at radius 2 is 1.79 bits per heavy atom. The van der Waals surface area contributed by atoms with E-state index < -0.39 is 0 Å². The topological polar surface area (TPSA) is 69.5 Å². The number of H-pyrrole nitrogens is 1. The van der Waals surface area contributed by atoms with Crippen molar-refractivity contribution in [3.05, 3.63) is 87.4 Å². The SMILES string of the molecule is N#Cc1cccc(CC(=O)c2ccc3nc(-c4c(Cl)cccc4Cl)[nH]c3c2)c1. The number of hydrogen-bond donors (Lipinski definition) is 1. The van der Waals surface area contributed by atoms with Gasteiger partial charge in [-0.05, 0) is 48.0 Å². The average molecular weight is 406 g/mol. The van der Waals surface area contributed by atoms with Gasteiger partial charge in [0, 0.05) is 12.0 Å². The molecular weight excluding hydrogens is 393 g/mol. The summed E-state index contributed by atoms with van der Waals surface area (Å²) in [5.41, 5.74) is 3.98. The molecule has 0 spiro atoms. The lowest BCUT2D eigenvalue weighted by Crippen LogP contribution is -2.03. The van der Waals surface area contributed by atoms with Crippen LogP contribution in [0.5, 0.6) is 0 Å². The number of imidazole rings is 1. The summed E-state index contributed by atoms with van der Waals surface area (Å²) in [4.78, 5) is 20.4. The predicted octanol–water partition coefficient (Wildman–Crippen LogP) is 5.83. The van der Waals surface area contributed by atoms with Gasteiger partial charge in [-0.25, -0.2) is 4.98 Å². The molecule has 0 unspecified atom stereocenters. The van der Waals surface area contributed by atoms with Gasteiger partial charge in [0.05, 0.1) is 38.3 Å². The Morgan fingerprint density at radius 3 is 2.54 bits per heavy atom. The Morgan fingerprint density at radius 1 is 1.04 bits per heavy atom. The van der Waals surface area contributed by atoms with Crippen molar-refractivity contribution >= 4 is 40.0 Å². The Labute approximate surface area is 171 Å². The second-order valence-corrected chi connectivity index (χ2v) is 7.14. The van der Waals surface area contributed by atoms with Gasteiger partial charge in [0.2, 0.25) is 0 Å². The minimum absolute atomic E-state index is 0.0380. The number of ketones is 1. The van der Waals surface area contributed by atoms with E-state index in [0.29, 0.717) is 38.1 Å². The minimum atomic E-state index is -0.0380. The molecule has 1 N–H and O–H groups in total. The number of nitrogens with zero attached hydrogens (tertiary/aromatic N) is 2. The zero-order valence-corrected chi connectivity index (χ0v) is 16.1. The third kappa shape index (κ3) is 3.50. The zero-order chi connectivity index (χ0) is 19.7. The van der Waals surface area contributed by atoms with E-state index in [1.165, 1.54) is 0 Å². The monoisotopic (exact) mass is 405 g/mol. The van der Waals surface area contributed by atoms with Gasteiger partial charge >= 0.3 is 0 Å². The normalized spacial score (nSPS) is 10.8. The number of carbonyl (C=O) groups is 1. The second-order valence-electron chi connectivity index (χ2n) is 6.33. The van der Waals surface area contributed by atoms with Crippen molar-refractivity contribution in [1.29, 1.82) is 5.26 Å². The highest BCUT2D eigenvalue weighted by atomic mass is 35.5. The molecule has 0 aliphatic heterocycles. The number of aromatic nitrogens is 2. The van der Waals surface area contributed by atoms with E-state index in [2.05, 4.69) is 16.0 Å². The summed E-state index contributed by atoms with van der Waals surface area (Å²) in [7, 11) is 0.